The summed E-state index contributed by atoms with van der Waals surface area (Å²) in [6.07, 6.45) is 0. The molecule has 0 N–H and O–H groups in total. The Morgan fingerprint density at radius 3 is 2.83 bits per heavy atom. The number of aryl methyl sites for hydroxylation is 1. The van der Waals surface area contributed by atoms with E-state index in [1.54, 1.807) is 16.2 Å². The minimum atomic E-state index is 0.0367. The van der Waals surface area contributed by atoms with E-state index in [0.29, 0.717) is 6.54 Å². The van der Waals surface area contributed by atoms with Gasteiger partial charge in [-0.2, -0.15) is 11.3 Å². The minimum absolute atomic E-state index is 0.0367. The molecule has 1 amide bonds. The highest BCUT2D eigenvalue weighted by molar-refractivity contribution is 7.80. The fraction of sp³-hybridized carbons (Fsp3) is 0.214. The van der Waals surface area contributed by atoms with Crippen molar-refractivity contribution < 1.29 is 4.79 Å². The molecule has 2 aromatic rings. The SMILES string of the molecule is Cc1ccc(S)cc1C(=O)N(C)Cc1ccsc1. The maximum atomic E-state index is 12.3. The molecule has 0 unspecified atom stereocenters. The van der Waals surface area contributed by atoms with Crippen molar-refractivity contribution >= 4 is 29.9 Å². The molecule has 4 heteroatoms. The van der Waals surface area contributed by atoms with Crippen molar-refractivity contribution in [2.45, 2.75) is 18.4 Å². The van der Waals surface area contributed by atoms with Crippen molar-refractivity contribution in [3.05, 3.63) is 51.7 Å². The summed E-state index contributed by atoms with van der Waals surface area (Å²) >= 11 is 5.93. The Morgan fingerprint density at radius 2 is 2.17 bits per heavy atom. The van der Waals surface area contributed by atoms with E-state index in [-0.39, 0.29) is 5.91 Å². The van der Waals surface area contributed by atoms with Crippen LogP contribution in [0.4, 0.5) is 0 Å². The highest BCUT2D eigenvalue weighted by atomic mass is 32.1. The molecule has 0 saturated heterocycles. The normalized spacial score (nSPS) is 10.4. The van der Waals surface area contributed by atoms with Gasteiger partial charge in [0.05, 0.1) is 0 Å². The van der Waals surface area contributed by atoms with Crippen LogP contribution in [0.2, 0.25) is 0 Å². The first-order valence-corrected chi connectivity index (χ1v) is 7.03. The molecule has 0 aliphatic heterocycles. The van der Waals surface area contributed by atoms with E-state index in [9.17, 15) is 4.79 Å². The van der Waals surface area contributed by atoms with Gasteiger partial charge in [0.2, 0.25) is 0 Å². The predicted octanol–water partition coefficient (Wildman–Crippen LogP) is 3.62. The number of thiophene rings is 1. The van der Waals surface area contributed by atoms with Crippen molar-refractivity contribution in [3.8, 4) is 0 Å². The standard InChI is InChI=1S/C14H15NOS2/c1-10-3-4-12(17)7-13(10)14(16)15(2)8-11-5-6-18-9-11/h3-7,9,17H,8H2,1-2H3. The summed E-state index contributed by atoms with van der Waals surface area (Å²) in [5.74, 6) is 0.0367. The van der Waals surface area contributed by atoms with Gasteiger partial charge in [-0.1, -0.05) is 6.07 Å². The van der Waals surface area contributed by atoms with Gasteiger partial charge in [-0.3, -0.25) is 4.79 Å². The molecule has 0 aliphatic carbocycles. The van der Waals surface area contributed by atoms with E-state index in [1.807, 2.05) is 43.6 Å². The number of hydrogen-bond acceptors (Lipinski definition) is 3. The molecular formula is C14H15NOS2. The van der Waals surface area contributed by atoms with Crippen molar-refractivity contribution in [3.63, 3.8) is 0 Å². The second kappa shape index (κ2) is 5.59. The highest BCUT2D eigenvalue weighted by Gasteiger charge is 2.14. The zero-order valence-corrected chi connectivity index (χ0v) is 12.1. The summed E-state index contributed by atoms with van der Waals surface area (Å²) < 4.78 is 0. The smallest absolute Gasteiger partial charge is 0.254 e. The van der Waals surface area contributed by atoms with Crippen LogP contribution in [0.3, 0.4) is 0 Å². The van der Waals surface area contributed by atoms with Gasteiger partial charge in [-0.15, -0.1) is 12.6 Å². The third-order valence-electron chi connectivity index (χ3n) is 2.80. The molecule has 1 aromatic heterocycles. The van der Waals surface area contributed by atoms with E-state index in [1.165, 1.54) is 0 Å². The van der Waals surface area contributed by atoms with Gasteiger partial charge in [0.15, 0.2) is 0 Å². The Labute approximate surface area is 117 Å². The number of nitrogens with zero attached hydrogens (tertiary/aromatic N) is 1. The predicted molar refractivity (Wildman–Crippen MR) is 78.5 cm³/mol. The van der Waals surface area contributed by atoms with Gasteiger partial charge in [-0.25, -0.2) is 0 Å². The third-order valence-corrected chi connectivity index (χ3v) is 3.81. The van der Waals surface area contributed by atoms with Gasteiger partial charge < -0.3 is 4.90 Å². The number of benzene rings is 1. The number of carbonyl (C=O) groups is 1. The molecule has 1 aromatic carbocycles. The molecule has 0 spiro atoms. The summed E-state index contributed by atoms with van der Waals surface area (Å²) in [5, 5.41) is 4.08. The maximum Gasteiger partial charge on any atom is 0.254 e. The lowest BCUT2D eigenvalue weighted by Crippen LogP contribution is -2.26. The largest absolute Gasteiger partial charge is 0.337 e. The maximum absolute atomic E-state index is 12.3. The summed E-state index contributed by atoms with van der Waals surface area (Å²) in [7, 11) is 1.82. The number of thiol groups is 1. The fourth-order valence-corrected chi connectivity index (χ4v) is 2.64. The molecule has 1 heterocycles. The second-order valence-electron chi connectivity index (χ2n) is 4.29. The molecule has 2 nitrogen and oxygen atoms in total. The molecule has 94 valence electrons. The molecule has 0 saturated carbocycles. The lowest BCUT2D eigenvalue weighted by atomic mass is 10.1. The van der Waals surface area contributed by atoms with Crippen LogP contribution in [0.5, 0.6) is 0 Å². The molecule has 0 fully saturated rings. The summed E-state index contributed by atoms with van der Waals surface area (Å²) in [4.78, 5) is 14.9. The van der Waals surface area contributed by atoms with Crippen molar-refractivity contribution in [1.29, 1.82) is 0 Å². The first-order chi connectivity index (χ1) is 8.58. The Hall–Kier alpha value is -1.26. The molecule has 18 heavy (non-hydrogen) atoms. The fourth-order valence-electron chi connectivity index (χ4n) is 1.77. The molecule has 0 bridgehead atoms. The van der Waals surface area contributed by atoms with Crippen molar-refractivity contribution in [2.75, 3.05) is 7.05 Å². The average Bonchev–Trinajstić information content (AvgIpc) is 2.84. The number of rotatable bonds is 3. The van der Waals surface area contributed by atoms with Crippen LogP contribution in [0, 0.1) is 6.92 Å². The second-order valence-corrected chi connectivity index (χ2v) is 5.59. The van der Waals surface area contributed by atoms with E-state index >= 15 is 0 Å². The van der Waals surface area contributed by atoms with Crippen LogP contribution in [-0.4, -0.2) is 17.9 Å². The van der Waals surface area contributed by atoms with E-state index < -0.39 is 0 Å². The summed E-state index contributed by atoms with van der Waals surface area (Å²) in [5.41, 5.74) is 2.87. The van der Waals surface area contributed by atoms with Gasteiger partial charge >= 0.3 is 0 Å². The summed E-state index contributed by atoms with van der Waals surface area (Å²) in [6, 6.07) is 7.68. The molecule has 2 rings (SSSR count). The molecular weight excluding hydrogens is 262 g/mol. The lowest BCUT2D eigenvalue weighted by Gasteiger charge is -2.18. The molecule has 0 aliphatic rings. The number of amides is 1. The van der Waals surface area contributed by atoms with Gasteiger partial charge in [0, 0.05) is 24.1 Å². The third kappa shape index (κ3) is 2.94. The van der Waals surface area contributed by atoms with Crippen LogP contribution in [0.1, 0.15) is 21.5 Å². The molecule has 0 atom stereocenters. The van der Waals surface area contributed by atoms with Gasteiger partial charge in [-0.05, 0) is 47.0 Å². The van der Waals surface area contributed by atoms with E-state index in [4.69, 9.17) is 0 Å². The Bertz CT molecular complexity index is 549. The topological polar surface area (TPSA) is 20.3 Å². The van der Waals surface area contributed by atoms with Crippen LogP contribution in [-0.2, 0) is 6.54 Å². The Morgan fingerprint density at radius 1 is 1.39 bits per heavy atom. The van der Waals surface area contributed by atoms with Crippen LogP contribution >= 0.6 is 24.0 Å². The minimum Gasteiger partial charge on any atom is -0.337 e. The highest BCUT2D eigenvalue weighted by Crippen LogP contribution is 2.17. The quantitative estimate of drug-likeness (QED) is 0.850. The van der Waals surface area contributed by atoms with Gasteiger partial charge in [0.25, 0.3) is 5.91 Å². The van der Waals surface area contributed by atoms with Crippen LogP contribution in [0.25, 0.3) is 0 Å². The first-order valence-electron chi connectivity index (χ1n) is 5.64. The zero-order chi connectivity index (χ0) is 13.1. The van der Waals surface area contributed by atoms with Crippen molar-refractivity contribution in [2.24, 2.45) is 0 Å². The number of hydrogen-bond donors (Lipinski definition) is 1. The first kappa shape index (κ1) is 13.2. The number of carbonyl (C=O) groups excluding carboxylic acids is 1. The summed E-state index contributed by atoms with van der Waals surface area (Å²) in [6.45, 7) is 2.58. The van der Waals surface area contributed by atoms with E-state index in [2.05, 4.69) is 18.0 Å². The van der Waals surface area contributed by atoms with Crippen molar-refractivity contribution in [1.82, 2.24) is 4.90 Å². The average molecular weight is 277 g/mol. The Balaban J connectivity index is 2.17. The van der Waals surface area contributed by atoms with Gasteiger partial charge in [0.1, 0.15) is 0 Å². The monoisotopic (exact) mass is 277 g/mol. The zero-order valence-electron chi connectivity index (χ0n) is 10.4. The van der Waals surface area contributed by atoms with Crippen LogP contribution < -0.4 is 0 Å². The Kier molecular flexibility index (Phi) is 4.09. The van der Waals surface area contributed by atoms with Crippen LogP contribution in [0.15, 0.2) is 39.9 Å². The molecule has 0 radical (unpaired) electrons. The van der Waals surface area contributed by atoms with E-state index in [0.717, 1.165) is 21.6 Å². The lowest BCUT2D eigenvalue weighted by molar-refractivity contribution is 0.0784.